The van der Waals surface area contributed by atoms with Crippen LogP contribution in [0.1, 0.15) is 31.2 Å². The molecule has 3 aromatic rings. The van der Waals surface area contributed by atoms with E-state index in [1.807, 2.05) is 11.6 Å². The Morgan fingerprint density at radius 1 is 1.15 bits per heavy atom. The van der Waals surface area contributed by atoms with E-state index in [-0.39, 0.29) is 32.7 Å². The van der Waals surface area contributed by atoms with Gasteiger partial charge in [0.15, 0.2) is 6.33 Å². The van der Waals surface area contributed by atoms with Gasteiger partial charge in [0.05, 0.1) is 7.05 Å². The molecule has 4 rings (SSSR count). The van der Waals surface area contributed by atoms with E-state index in [2.05, 4.69) is 65.7 Å². The number of hydrogen-bond donors (Lipinski definition) is 0. The maximum Gasteiger partial charge on any atom is 0.174 e. The van der Waals surface area contributed by atoms with Gasteiger partial charge in [-0.25, -0.2) is 4.98 Å². The Hall–Kier alpha value is -1.45. The van der Waals surface area contributed by atoms with Crippen LogP contribution in [0.5, 0.6) is 0 Å². The predicted molar refractivity (Wildman–Crippen MR) is 101 cm³/mol. The van der Waals surface area contributed by atoms with Crippen molar-refractivity contribution in [3.63, 3.8) is 0 Å². The topological polar surface area (TPSA) is 29.1 Å². The summed E-state index contributed by atoms with van der Waals surface area (Å²) in [5.41, 5.74) is 4.25. The number of aryl methyl sites for hydroxylation is 2. The standard InChI is InChI=1S/C22H22N3.Y/c1-16-19-10-6-5-9-18(19)11-12-20(16)22-21(14-23-15-25(22)2)24-13-17-7-3-4-8-17;/h5-6,9-12,15,17H,3-4,7-8H2,1-2H3;/q-1;. The van der Waals surface area contributed by atoms with Crippen molar-refractivity contribution in [3.05, 3.63) is 54.5 Å². The van der Waals surface area contributed by atoms with Crippen molar-refractivity contribution in [1.82, 2.24) is 4.98 Å². The molecule has 4 heteroatoms. The first-order chi connectivity index (χ1) is 12.2. The van der Waals surface area contributed by atoms with Gasteiger partial charge in [-0.05, 0) is 40.7 Å². The van der Waals surface area contributed by atoms with Crippen LogP contribution >= 0.6 is 0 Å². The predicted octanol–water partition coefficient (Wildman–Crippen LogP) is 4.60. The van der Waals surface area contributed by atoms with Gasteiger partial charge in [0.2, 0.25) is 0 Å². The van der Waals surface area contributed by atoms with Gasteiger partial charge in [0.25, 0.3) is 0 Å². The summed E-state index contributed by atoms with van der Waals surface area (Å²) >= 11 is 0. The van der Waals surface area contributed by atoms with Crippen LogP contribution in [0.2, 0.25) is 0 Å². The largest absolute Gasteiger partial charge is 0.474 e. The number of rotatable bonds is 3. The van der Waals surface area contributed by atoms with Crippen molar-refractivity contribution < 1.29 is 37.3 Å². The van der Waals surface area contributed by atoms with Crippen LogP contribution in [0.25, 0.3) is 22.0 Å². The third-order valence-corrected chi connectivity index (χ3v) is 5.15. The number of aliphatic imine (C=N–C) groups is 1. The molecule has 0 aliphatic heterocycles. The molecule has 0 bridgehead atoms. The zero-order valence-electron chi connectivity index (χ0n) is 15.4. The molecule has 1 fully saturated rings. The van der Waals surface area contributed by atoms with Gasteiger partial charge >= 0.3 is 0 Å². The summed E-state index contributed by atoms with van der Waals surface area (Å²) in [5.74, 6) is 0.476. The van der Waals surface area contributed by atoms with Gasteiger partial charge in [-0.2, -0.15) is 6.21 Å². The van der Waals surface area contributed by atoms with Crippen LogP contribution in [0.4, 0.5) is 5.69 Å². The van der Waals surface area contributed by atoms with Crippen molar-refractivity contribution in [2.75, 3.05) is 0 Å². The minimum absolute atomic E-state index is 0. The number of nitrogens with zero attached hydrogens (tertiary/aromatic N) is 3. The Balaban J connectivity index is 0.00000196. The van der Waals surface area contributed by atoms with E-state index in [1.165, 1.54) is 47.6 Å². The summed E-state index contributed by atoms with van der Waals surface area (Å²) in [6.45, 7) is 2.17. The van der Waals surface area contributed by atoms with Crippen molar-refractivity contribution in [2.24, 2.45) is 18.0 Å². The molecule has 1 aromatic heterocycles. The average Bonchev–Trinajstić information content (AvgIpc) is 3.15. The molecule has 0 N–H and O–H groups in total. The Morgan fingerprint density at radius 2 is 1.92 bits per heavy atom. The maximum atomic E-state index is 4.66. The van der Waals surface area contributed by atoms with Gasteiger partial charge in [0.1, 0.15) is 0 Å². The molecule has 0 atom stereocenters. The van der Waals surface area contributed by atoms with E-state index in [4.69, 9.17) is 0 Å². The summed E-state index contributed by atoms with van der Waals surface area (Å²) in [7, 11) is 2.01. The van der Waals surface area contributed by atoms with Crippen LogP contribution in [0.15, 0.2) is 47.7 Å². The SMILES string of the molecule is Cc1c(-c2c(N=[C-]C3CCCC3)[c-]nc[n+]2C)ccc2ccccc12.[Y]. The summed E-state index contributed by atoms with van der Waals surface area (Å²) in [5, 5.41) is 2.53. The van der Waals surface area contributed by atoms with E-state index in [0.717, 1.165) is 11.4 Å². The van der Waals surface area contributed by atoms with Crippen molar-refractivity contribution in [1.29, 1.82) is 0 Å². The number of aromatic nitrogens is 2. The first-order valence-corrected chi connectivity index (χ1v) is 8.95. The molecule has 1 heterocycles. The molecule has 0 unspecified atom stereocenters. The van der Waals surface area contributed by atoms with Crippen LogP contribution in [0, 0.1) is 19.0 Å². The molecule has 1 aliphatic rings. The molecule has 3 nitrogen and oxygen atoms in total. The third-order valence-electron chi connectivity index (χ3n) is 5.15. The molecule has 26 heavy (non-hydrogen) atoms. The van der Waals surface area contributed by atoms with Gasteiger partial charge in [-0.1, -0.05) is 68.0 Å². The van der Waals surface area contributed by atoms with E-state index in [1.54, 1.807) is 6.33 Å². The molecular weight excluding hydrogens is 395 g/mol. The van der Waals surface area contributed by atoms with Crippen molar-refractivity contribution >= 4 is 22.7 Å². The Bertz CT molecular complexity index is 943. The van der Waals surface area contributed by atoms with Crippen LogP contribution in [-0.4, -0.2) is 11.2 Å². The normalized spacial score (nSPS) is 14.8. The molecule has 129 valence electrons. The first kappa shape index (κ1) is 19.3. The first-order valence-electron chi connectivity index (χ1n) is 8.95. The number of benzene rings is 2. The quantitative estimate of drug-likeness (QED) is 0.348. The van der Waals surface area contributed by atoms with Gasteiger partial charge in [-0.3, -0.25) is 0 Å². The molecule has 1 aliphatic carbocycles. The molecule has 0 spiro atoms. The van der Waals surface area contributed by atoms with Crippen LogP contribution < -0.4 is 4.57 Å². The Labute approximate surface area is 180 Å². The van der Waals surface area contributed by atoms with E-state index >= 15 is 0 Å². The Kier molecular flexibility index (Phi) is 6.31. The smallest absolute Gasteiger partial charge is 0.174 e. The minimum Gasteiger partial charge on any atom is -0.474 e. The number of hydrogen-bond acceptors (Lipinski definition) is 2. The van der Waals surface area contributed by atoms with Crippen molar-refractivity contribution in [2.45, 2.75) is 32.6 Å². The zero-order chi connectivity index (χ0) is 17.2. The van der Waals surface area contributed by atoms with Gasteiger partial charge in [0, 0.05) is 32.7 Å². The fourth-order valence-corrected chi connectivity index (χ4v) is 3.74. The summed E-state index contributed by atoms with van der Waals surface area (Å²) in [6.07, 6.45) is 13.2. The van der Waals surface area contributed by atoms with E-state index in [0.29, 0.717) is 5.92 Å². The van der Waals surface area contributed by atoms with Crippen molar-refractivity contribution in [3.8, 4) is 11.3 Å². The monoisotopic (exact) mass is 417 g/mol. The molecule has 1 saturated carbocycles. The van der Waals surface area contributed by atoms with Crippen LogP contribution in [-0.2, 0) is 39.8 Å². The maximum absolute atomic E-state index is 4.66. The van der Waals surface area contributed by atoms with Gasteiger partial charge in [-0.15, -0.1) is 5.69 Å². The van der Waals surface area contributed by atoms with Crippen LogP contribution in [0.3, 0.4) is 0 Å². The fourth-order valence-electron chi connectivity index (χ4n) is 3.74. The molecule has 1 radical (unpaired) electrons. The minimum atomic E-state index is 0. The Morgan fingerprint density at radius 3 is 2.73 bits per heavy atom. The second kappa shape index (κ2) is 8.50. The molecule has 2 aromatic carbocycles. The molecule has 0 amide bonds. The van der Waals surface area contributed by atoms with E-state index in [9.17, 15) is 0 Å². The summed E-state index contributed by atoms with van der Waals surface area (Å²) in [6, 6.07) is 12.8. The average molecular weight is 417 g/mol. The third kappa shape index (κ3) is 3.79. The second-order valence-corrected chi connectivity index (χ2v) is 6.85. The summed E-state index contributed by atoms with van der Waals surface area (Å²) in [4.78, 5) is 8.87. The van der Waals surface area contributed by atoms with Gasteiger partial charge < -0.3 is 9.56 Å². The molecular formula is C22H22N3Y-. The second-order valence-electron chi connectivity index (χ2n) is 6.85. The zero-order valence-corrected chi connectivity index (χ0v) is 18.2. The summed E-state index contributed by atoms with van der Waals surface area (Å²) < 4.78 is 2.03. The molecule has 0 saturated heterocycles. The number of fused-ring (bicyclic) bond motifs is 1. The fraction of sp³-hybridized carbons (Fsp3) is 0.318. The van der Waals surface area contributed by atoms with E-state index < -0.39 is 0 Å².